The maximum atomic E-state index is 12.8. The molecule has 3 aromatic rings. The summed E-state index contributed by atoms with van der Waals surface area (Å²) in [5.41, 5.74) is 2.58. The topological polar surface area (TPSA) is 98.3 Å². The Morgan fingerprint density at radius 3 is 2.77 bits per heavy atom. The number of benzene rings is 2. The van der Waals surface area contributed by atoms with Gasteiger partial charge in [0.2, 0.25) is 0 Å². The van der Waals surface area contributed by atoms with Crippen molar-refractivity contribution in [3.05, 3.63) is 86.8 Å². The summed E-state index contributed by atoms with van der Waals surface area (Å²) in [4.78, 5) is 26.4. The molecule has 0 spiro atoms. The maximum absolute atomic E-state index is 12.8. The molecule has 1 aliphatic heterocycles. The average Bonchev–Trinajstić information content (AvgIpc) is 3.24. The molecule has 7 nitrogen and oxygen atoms in total. The highest BCUT2D eigenvalue weighted by Gasteiger charge is 2.27. The standard InChI is InChI=1S/C23H23ClN4O3/c24-21-19(13-25-27-23(21)31)28-11-10-17(14-28)26-22(30)18-12-16(8-9-20(18)29)7-6-15-4-2-1-3-5-15/h1-5,8-9,12-13,17,29H,6-7,10-11,14H2,(H,26,30)(H,27,31). The number of rotatable bonds is 6. The molecule has 1 unspecified atom stereocenters. The van der Waals surface area contributed by atoms with E-state index < -0.39 is 5.56 Å². The van der Waals surface area contributed by atoms with Crippen molar-refractivity contribution in [3.63, 3.8) is 0 Å². The molecule has 0 radical (unpaired) electrons. The third-order valence-corrected chi connectivity index (χ3v) is 5.86. The van der Waals surface area contributed by atoms with Gasteiger partial charge in [0, 0.05) is 19.1 Å². The summed E-state index contributed by atoms with van der Waals surface area (Å²) in [6.07, 6.45) is 3.84. The average molecular weight is 439 g/mol. The summed E-state index contributed by atoms with van der Waals surface area (Å²) in [7, 11) is 0. The summed E-state index contributed by atoms with van der Waals surface area (Å²) in [5.74, 6) is -0.362. The zero-order chi connectivity index (χ0) is 21.8. The Morgan fingerprint density at radius 2 is 1.97 bits per heavy atom. The van der Waals surface area contributed by atoms with E-state index in [1.54, 1.807) is 12.1 Å². The molecule has 1 aromatic heterocycles. The number of hydrogen-bond donors (Lipinski definition) is 3. The van der Waals surface area contributed by atoms with Gasteiger partial charge in [0.15, 0.2) is 0 Å². The van der Waals surface area contributed by atoms with Gasteiger partial charge in [-0.15, -0.1) is 0 Å². The van der Waals surface area contributed by atoms with E-state index >= 15 is 0 Å². The van der Waals surface area contributed by atoms with Crippen LogP contribution in [0.2, 0.25) is 5.02 Å². The van der Waals surface area contributed by atoms with Crippen LogP contribution in [-0.4, -0.2) is 40.3 Å². The molecule has 4 rings (SSSR count). The van der Waals surface area contributed by atoms with Crippen LogP contribution in [0.3, 0.4) is 0 Å². The van der Waals surface area contributed by atoms with Gasteiger partial charge in [-0.3, -0.25) is 9.59 Å². The van der Waals surface area contributed by atoms with E-state index in [1.807, 2.05) is 29.2 Å². The van der Waals surface area contributed by atoms with Gasteiger partial charge in [0.05, 0.1) is 17.4 Å². The fourth-order valence-electron chi connectivity index (χ4n) is 3.81. The molecular formula is C23H23ClN4O3. The van der Waals surface area contributed by atoms with Crippen LogP contribution in [0.25, 0.3) is 0 Å². The lowest BCUT2D eigenvalue weighted by molar-refractivity contribution is 0.0937. The second-order valence-corrected chi connectivity index (χ2v) is 8.02. The maximum Gasteiger partial charge on any atom is 0.285 e. The SMILES string of the molecule is O=C(NC1CCN(c2cn[nH]c(=O)c2Cl)C1)c1cc(CCc2ccccc2)ccc1O. The smallest absolute Gasteiger partial charge is 0.285 e. The van der Waals surface area contributed by atoms with Gasteiger partial charge in [-0.25, -0.2) is 5.10 Å². The van der Waals surface area contributed by atoms with Crippen molar-refractivity contribution in [1.82, 2.24) is 15.5 Å². The van der Waals surface area contributed by atoms with Crippen molar-refractivity contribution in [2.45, 2.75) is 25.3 Å². The van der Waals surface area contributed by atoms with Crippen molar-refractivity contribution in [3.8, 4) is 5.75 Å². The second kappa shape index (κ2) is 9.22. The van der Waals surface area contributed by atoms with Gasteiger partial charge in [-0.2, -0.15) is 5.10 Å². The monoisotopic (exact) mass is 438 g/mol. The van der Waals surface area contributed by atoms with Gasteiger partial charge in [-0.1, -0.05) is 48.0 Å². The van der Waals surface area contributed by atoms with E-state index in [-0.39, 0.29) is 28.3 Å². The minimum absolute atomic E-state index is 0.0438. The molecule has 0 bridgehead atoms. The van der Waals surface area contributed by atoms with Crippen molar-refractivity contribution in [2.24, 2.45) is 0 Å². The molecule has 1 amide bonds. The third-order valence-electron chi connectivity index (χ3n) is 5.49. The van der Waals surface area contributed by atoms with E-state index in [9.17, 15) is 14.7 Å². The summed E-state index contributed by atoms with van der Waals surface area (Å²) >= 11 is 6.09. The summed E-state index contributed by atoms with van der Waals surface area (Å²) in [6, 6.07) is 15.2. The highest BCUT2D eigenvalue weighted by molar-refractivity contribution is 6.33. The van der Waals surface area contributed by atoms with E-state index in [0.29, 0.717) is 25.2 Å². The number of nitrogens with one attached hydrogen (secondary N) is 2. The first-order valence-corrected chi connectivity index (χ1v) is 10.5. The molecule has 1 fully saturated rings. The van der Waals surface area contributed by atoms with E-state index in [4.69, 9.17) is 11.6 Å². The number of phenols is 1. The Balaban J connectivity index is 1.40. The zero-order valence-electron chi connectivity index (χ0n) is 16.8. The summed E-state index contributed by atoms with van der Waals surface area (Å²) in [5, 5.41) is 19.4. The number of H-pyrrole nitrogens is 1. The Kier molecular flexibility index (Phi) is 6.23. The second-order valence-electron chi connectivity index (χ2n) is 7.64. The number of hydrogen-bond acceptors (Lipinski definition) is 5. The number of aromatic nitrogens is 2. The summed E-state index contributed by atoms with van der Waals surface area (Å²) in [6.45, 7) is 1.14. The van der Waals surface area contributed by atoms with Crippen LogP contribution in [0.4, 0.5) is 5.69 Å². The number of aromatic amines is 1. The lowest BCUT2D eigenvalue weighted by Crippen LogP contribution is -2.37. The Labute approximate surface area is 184 Å². The van der Waals surface area contributed by atoms with Crippen molar-refractivity contribution in [1.29, 1.82) is 0 Å². The van der Waals surface area contributed by atoms with Gasteiger partial charge in [0.25, 0.3) is 11.5 Å². The predicted molar refractivity (Wildman–Crippen MR) is 120 cm³/mol. The lowest BCUT2D eigenvalue weighted by Gasteiger charge is -2.19. The van der Waals surface area contributed by atoms with Gasteiger partial charge in [-0.05, 0) is 42.5 Å². The number of anilines is 1. The number of amides is 1. The lowest BCUT2D eigenvalue weighted by atomic mass is 10.0. The fraction of sp³-hybridized carbons (Fsp3) is 0.261. The van der Waals surface area contributed by atoms with E-state index in [2.05, 4.69) is 27.6 Å². The van der Waals surface area contributed by atoms with Crippen LogP contribution in [0.1, 0.15) is 27.9 Å². The zero-order valence-corrected chi connectivity index (χ0v) is 17.6. The Morgan fingerprint density at radius 1 is 1.19 bits per heavy atom. The first-order valence-electron chi connectivity index (χ1n) is 10.2. The highest BCUT2D eigenvalue weighted by atomic mass is 35.5. The molecular weight excluding hydrogens is 416 g/mol. The van der Waals surface area contributed by atoms with Crippen LogP contribution in [0.5, 0.6) is 5.75 Å². The van der Waals surface area contributed by atoms with Crippen molar-refractivity contribution < 1.29 is 9.90 Å². The van der Waals surface area contributed by atoms with E-state index in [1.165, 1.54) is 11.8 Å². The van der Waals surface area contributed by atoms with Crippen LogP contribution in [0.15, 0.2) is 59.5 Å². The first-order chi connectivity index (χ1) is 15.0. The number of nitrogens with zero attached hydrogens (tertiary/aromatic N) is 2. The molecule has 160 valence electrons. The fourth-order valence-corrected chi connectivity index (χ4v) is 4.02. The van der Waals surface area contributed by atoms with E-state index in [0.717, 1.165) is 18.4 Å². The Bertz CT molecular complexity index is 1130. The van der Waals surface area contributed by atoms with Gasteiger partial charge < -0.3 is 15.3 Å². The highest BCUT2D eigenvalue weighted by Crippen LogP contribution is 2.25. The van der Waals surface area contributed by atoms with Gasteiger partial charge in [0.1, 0.15) is 10.8 Å². The molecule has 1 aliphatic rings. The molecule has 2 heterocycles. The van der Waals surface area contributed by atoms with Gasteiger partial charge >= 0.3 is 0 Å². The molecule has 31 heavy (non-hydrogen) atoms. The number of carbonyl (C=O) groups is 1. The molecule has 3 N–H and O–H groups in total. The minimum Gasteiger partial charge on any atom is -0.507 e. The van der Waals surface area contributed by atoms with Crippen LogP contribution >= 0.6 is 11.6 Å². The van der Waals surface area contributed by atoms with Crippen molar-refractivity contribution >= 4 is 23.2 Å². The number of carbonyl (C=O) groups excluding carboxylic acids is 1. The largest absolute Gasteiger partial charge is 0.507 e. The Hall–Kier alpha value is -3.32. The first kappa shape index (κ1) is 20.9. The van der Waals surface area contributed by atoms with Crippen molar-refractivity contribution in [2.75, 3.05) is 18.0 Å². The third kappa shape index (κ3) is 4.88. The summed E-state index contributed by atoms with van der Waals surface area (Å²) < 4.78 is 0. The van der Waals surface area contributed by atoms with Crippen LogP contribution < -0.4 is 15.8 Å². The quantitative estimate of drug-likeness (QED) is 0.549. The molecule has 0 saturated carbocycles. The molecule has 8 heteroatoms. The predicted octanol–water partition coefficient (Wildman–Crippen LogP) is 2.92. The number of phenolic OH excluding ortho intramolecular Hbond substituents is 1. The number of aromatic hydroxyl groups is 1. The molecule has 1 atom stereocenters. The number of aryl methyl sites for hydroxylation is 2. The number of halogens is 1. The molecule has 2 aromatic carbocycles. The van der Waals surface area contributed by atoms with Crippen LogP contribution in [0, 0.1) is 0 Å². The molecule has 1 saturated heterocycles. The minimum atomic E-state index is -0.441. The van der Waals surface area contributed by atoms with Crippen LogP contribution in [-0.2, 0) is 12.8 Å². The normalized spacial score (nSPS) is 15.8. The molecule has 0 aliphatic carbocycles.